The van der Waals surface area contributed by atoms with Gasteiger partial charge in [0.15, 0.2) is 0 Å². The summed E-state index contributed by atoms with van der Waals surface area (Å²) in [6.07, 6.45) is 3.25. The molecular formula is C14H24N2O3. The molecule has 19 heavy (non-hydrogen) atoms. The van der Waals surface area contributed by atoms with Crippen LogP contribution in [-0.2, 0) is 9.59 Å². The summed E-state index contributed by atoms with van der Waals surface area (Å²) in [6, 6.07) is -0.0436. The summed E-state index contributed by atoms with van der Waals surface area (Å²) in [5.41, 5.74) is 0. The maximum absolute atomic E-state index is 12.4. The fourth-order valence-electron chi connectivity index (χ4n) is 3.17. The molecule has 1 heterocycles. The predicted molar refractivity (Wildman–Crippen MR) is 71.7 cm³/mol. The molecule has 2 fully saturated rings. The SMILES string of the molecule is CC(C)N(CC(=O)O)C(=O)[C@@H]1C[C@H]1C1CCNCC1. The zero-order valence-corrected chi connectivity index (χ0v) is 11.8. The topological polar surface area (TPSA) is 69.6 Å². The molecule has 0 aromatic carbocycles. The third kappa shape index (κ3) is 3.47. The highest BCUT2D eigenvalue weighted by Crippen LogP contribution is 2.48. The van der Waals surface area contributed by atoms with Crippen molar-refractivity contribution in [3.05, 3.63) is 0 Å². The number of hydrogen-bond donors (Lipinski definition) is 2. The van der Waals surface area contributed by atoms with Crippen LogP contribution in [0.3, 0.4) is 0 Å². The Hall–Kier alpha value is -1.10. The fourth-order valence-corrected chi connectivity index (χ4v) is 3.17. The van der Waals surface area contributed by atoms with Crippen molar-refractivity contribution >= 4 is 11.9 Å². The van der Waals surface area contributed by atoms with Crippen LogP contribution in [0.15, 0.2) is 0 Å². The van der Waals surface area contributed by atoms with Gasteiger partial charge in [-0.15, -0.1) is 0 Å². The number of piperidine rings is 1. The maximum Gasteiger partial charge on any atom is 0.323 e. The van der Waals surface area contributed by atoms with E-state index in [1.165, 1.54) is 4.90 Å². The second-order valence-corrected chi connectivity index (χ2v) is 6.05. The van der Waals surface area contributed by atoms with Crippen molar-refractivity contribution in [2.45, 2.75) is 39.2 Å². The van der Waals surface area contributed by atoms with E-state index in [2.05, 4.69) is 5.32 Å². The van der Waals surface area contributed by atoms with Gasteiger partial charge in [-0.1, -0.05) is 0 Å². The van der Waals surface area contributed by atoms with Crippen molar-refractivity contribution in [2.24, 2.45) is 17.8 Å². The van der Waals surface area contributed by atoms with E-state index in [4.69, 9.17) is 5.11 Å². The zero-order valence-electron chi connectivity index (χ0n) is 11.8. The van der Waals surface area contributed by atoms with E-state index < -0.39 is 5.97 Å². The Morgan fingerprint density at radius 1 is 1.32 bits per heavy atom. The molecule has 1 amide bonds. The lowest BCUT2D eigenvalue weighted by atomic mass is 9.91. The third-order valence-corrected chi connectivity index (χ3v) is 4.36. The molecule has 2 rings (SSSR count). The number of carbonyl (C=O) groups is 2. The monoisotopic (exact) mass is 268 g/mol. The summed E-state index contributed by atoms with van der Waals surface area (Å²) >= 11 is 0. The number of hydrogen-bond acceptors (Lipinski definition) is 3. The Kier molecular flexibility index (Phi) is 4.45. The van der Waals surface area contributed by atoms with Crippen LogP contribution < -0.4 is 5.32 Å². The first kappa shape index (κ1) is 14.3. The molecule has 0 aromatic rings. The number of amides is 1. The van der Waals surface area contributed by atoms with Crippen LogP contribution in [0, 0.1) is 17.8 Å². The van der Waals surface area contributed by atoms with Gasteiger partial charge in [0.2, 0.25) is 5.91 Å². The Balaban J connectivity index is 1.90. The number of carbonyl (C=O) groups excluding carboxylic acids is 1. The Bertz CT molecular complexity index is 351. The van der Waals surface area contributed by atoms with E-state index in [-0.39, 0.29) is 24.4 Å². The Labute approximate surface area is 114 Å². The molecule has 0 spiro atoms. The van der Waals surface area contributed by atoms with Gasteiger partial charge < -0.3 is 15.3 Å². The van der Waals surface area contributed by atoms with E-state index in [1.807, 2.05) is 13.8 Å². The smallest absolute Gasteiger partial charge is 0.323 e. The van der Waals surface area contributed by atoms with Crippen molar-refractivity contribution in [1.29, 1.82) is 0 Å². The highest BCUT2D eigenvalue weighted by Gasteiger charge is 2.49. The van der Waals surface area contributed by atoms with Crippen LogP contribution >= 0.6 is 0 Å². The minimum atomic E-state index is -0.930. The van der Waals surface area contributed by atoms with Gasteiger partial charge in [-0.2, -0.15) is 0 Å². The summed E-state index contributed by atoms with van der Waals surface area (Å²) in [7, 11) is 0. The molecule has 1 saturated heterocycles. The zero-order chi connectivity index (χ0) is 14.0. The molecule has 1 saturated carbocycles. The van der Waals surface area contributed by atoms with Gasteiger partial charge in [0.05, 0.1) is 0 Å². The summed E-state index contributed by atoms with van der Waals surface area (Å²) in [4.78, 5) is 24.7. The lowest BCUT2D eigenvalue weighted by molar-refractivity contribution is -0.146. The average Bonchev–Trinajstić information content (AvgIpc) is 3.16. The standard InChI is InChI=1S/C14H24N2O3/c1-9(2)16(8-13(17)18)14(19)12-7-11(12)10-3-5-15-6-4-10/h9-12,15H,3-8H2,1-2H3,(H,17,18)/t11-,12+/m0/s1. The molecule has 0 radical (unpaired) electrons. The lowest BCUT2D eigenvalue weighted by Crippen LogP contribution is -2.42. The third-order valence-electron chi connectivity index (χ3n) is 4.36. The molecule has 0 aromatic heterocycles. The molecular weight excluding hydrogens is 244 g/mol. The van der Waals surface area contributed by atoms with Crippen molar-refractivity contribution in [3.8, 4) is 0 Å². The summed E-state index contributed by atoms with van der Waals surface area (Å²) < 4.78 is 0. The van der Waals surface area contributed by atoms with Gasteiger partial charge in [-0.3, -0.25) is 9.59 Å². The minimum Gasteiger partial charge on any atom is -0.480 e. The van der Waals surface area contributed by atoms with Crippen molar-refractivity contribution in [3.63, 3.8) is 0 Å². The van der Waals surface area contributed by atoms with Crippen LogP contribution in [0.5, 0.6) is 0 Å². The quantitative estimate of drug-likeness (QED) is 0.778. The van der Waals surface area contributed by atoms with Gasteiger partial charge in [0, 0.05) is 12.0 Å². The van der Waals surface area contributed by atoms with Crippen LogP contribution in [0.4, 0.5) is 0 Å². The number of nitrogens with one attached hydrogen (secondary N) is 1. The highest BCUT2D eigenvalue weighted by atomic mass is 16.4. The van der Waals surface area contributed by atoms with E-state index in [0.29, 0.717) is 11.8 Å². The minimum absolute atomic E-state index is 0.0425. The molecule has 0 bridgehead atoms. The van der Waals surface area contributed by atoms with Crippen molar-refractivity contribution in [2.75, 3.05) is 19.6 Å². The summed E-state index contributed by atoms with van der Waals surface area (Å²) in [5, 5.41) is 12.2. The lowest BCUT2D eigenvalue weighted by Gasteiger charge is -2.27. The van der Waals surface area contributed by atoms with Gasteiger partial charge in [0.25, 0.3) is 0 Å². The molecule has 5 heteroatoms. The normalized spacial score (nSPS) is 27.3. The molecule has 108 valence electrons. The average molecular weight is 268 g/mol. The number of aliphatic carboxylic acids is 1. The number of rotatable bonds is 5. The Morgan fingerprint density at radius 3 is 2.47 bits per heavy atom. The van der Waals surface area contributed by atoms with Gasteiger partial charge in [-0.25, -0.2) is 0 Å². The summed E-state index contributed by atoms with van der Waals surface area (Å²) in [5.74, 6) is 0.325. The van der Waals surface area contributed by atoms with Crippen molar-refractivity contribution < 1.29 is 14.7 Å². The Morgan fingerprint density at radius 2 is 1.95 bits per heavy atom. The molecule has 5 nitrogen and oxygen atoms in total. The van der Waals surface area contributed by atoms with Crippen LogP contribution in [0.2, 0.25) is 0 Å². The number of nitrogens with zero attached hydrogens (tertiary/aromatic N) is 1. The highest BCUT2D eigenvalue weighted by molar-refractivity contribution is 5.85. The van der Waals surface area contributed by atoms with E-state index >= 15 is 0 Å². The molecule has 2 aliphatic rings. The first-order valence-corrected chi connectivity index (χ1v) is 7.23. The van der Waals surface area contributed by atoms with Crippen LogP contribution in [0.25, 0.3) is 0 Å². The van der Waals surface area contributed by atoms with E-state index in [1.54, 1.807) is 0 Å². The molecule has 2 N–H and O–H groups in total. The maximum atomic E-state index is 12.4. The van der Waals surface area contributed by atoms with E-state index in [0.717, 1.165) is 32.4 Å². The first-order valence-electron chi connectivity index (χ1n) is 7.23. The first-order chi connectivity index (χ1) is 9.00. The second kappa shape index (κ2) is 5.90. The van der Waals surface area contributed by atoms with E-state index in [9.17, 15) is 9.59 Å². The van der Waals surface area contributed by atoms with Gasteiger partial charge in [-0.05, 0) is 58.0 Å². The fraction of sp³-hybridized carbons (Fsp3) is 0.857. The molecule has 1 aliphatic heterocycles. The molecule has 2 atom stereocenters. The van der Waals surface area contributed by atoms with Gasteiger partial charge in [0.1, 0.15) is 6.54 Å². The number of carboxylic acids is 1. The van der Waals surface area contributed by atoms with Crippen LogP contribution in [-0.4, -0.2) is 47.6 Å². The largest absolute Gasteiger partial charge is 0.480 e. The molecule has 1 aliphatic carbocycles. The predicted octanol–water partition coefficient (Wildman–Crippen LogP) is 0.944. The van der Waals surface area contributed by atoms with Crippen LogP contribution in [0.1, 0.15) is 33.1 Å². The van der Waals surface area contributed by atoms with Gasteiger partial charge >= 0.3 is 5.97 Å². The number of carboxylic acid groups (broad SMARTS) is 1. The van der Waals surface area contributed by atoms with Crippen molar-refractivity contribution in [1.82, 2.24) is 10.2 Å². The molecule has 0 unspecified atom stereocenters. The second-order valence-electron chi connectivity index (χ2n) is 6.05. The summed E-state index contributed by atoms with van der Waals surface area (Å²) in [6.45, 7) is 5.67.